The molecule has 0 aliphatic carbocycles. The minimum atomic E-state index is -4.55. The first-order valence-electron chi connectivity index (χ1n) is 13.2. The molecule has 0 saturated heterocycles. The number of anilines is 3. The van der Waals surface area contributed by atoms with Crippen molar-refractivity contribution in [1.29, 1.82) is 0 Å². The van der Waals surface area contributed by atoms with Gasteiger partial charge < -0.3 is 5.32 Å². The normalized spacial score (nSPS) is 14.5. The molecule has 0 saturated carbocycles. The molecule has 1 aliphatic rings. The Hall–Kier alpha value is -5.33. The zero-order chi connectivity index (χ0) is 33.9. The molecule has 47 heavy (non-hydrogen) atoms. The molecule has 0 radical (unpaired) electrons. The summed E-state index contributed by atoms with van der Waals surface area (Å²) >= 11 is 6.15. The number of azo groups is 1. The molecule has 240 valence electrons. The Morgan fingerprint density at radius 2 is 1.32 bits per heavy atom. The minimum Gasteiger partial charge on any atom is -0.322 e. The lowest BCUT2D eigenvalue weighted by atomic mass is 10.2. The fourth-order valence-corrected chi connectivity index (χ4v) is 5.21. The molecule has 4 aromatic rings. The van der Waals surface area contributed by atoms with Gasteiger partial charge in [-0.3, -0.25) is 24.1 Å². The van der Waals surface area contributed by atoms with Crippen LogP contribution >= 0.6 is 11.6 Å². The summed E-state index contributed by atoms with van der Waals surface area (Å²) in [6.07, 6.45) is 0. The number of halogens is 1. The van der Waals surface area contributed by atoms with Gasteiger partial charge in [-0.2, -0.15) is 42.3 Å². The Kier molecular flexibility index (Phi) is 9.27. The Morgan fingerprint density at radius 3 is 1.89 bits per heavy atom. The number of carbonyl (C=O) groups is 2. The third-order valence-electron chi connectivity index (χ3n) is 6.42. The van der Waals surface area contributed by atoms with Crippen LogP contribution in [-0.2, 0) is 25.0 Å². The van der Waals surface area contributed by atoms with Crippen molar-refractivity contribution < 1.29 is 35.5 Å². The van der Waals surface area contributed by atoms with Crippen molar-refractivity contribution in [2.45, 2.75) is 16.7 Å². The van der Waals surface area contributed by atoms with E-state index in [0.717, 1.165) is 17.1 Å². The number of nitrogens with one attached hydrogen (secondary N) is 2. The lowest BCUT2D eigenvalue weighted by Gasteiger charge is -2.14. The van der Waals surface area contributed by atoms with Crippen LogP contribution in [-0.4, -0.2) is 49.2 Å². The minimum absolute atomic E-state index is 0.0241. The lowest BCUT2D eigenvalue weighted by Crippen LogP contribution is -2.28. The third kappa shape index (κ3) is 7.91. The van der Waals surface area contributed by atoms with Crippen molar-refractivity contribution in [1.82, 2.24) is 0 Å². The highest BCUT2D eigenvalue weighted by Crippen LogP contribution is 2.31. The van der Waals surface area contributed by atoms with Crippen LogP contribution in [0.4, 0.5) is 28.4 Å². The fourth-order valence-electron chi connectivity index (χ4n) is 4.04. The van der Waals surface area contributed by atoms with Gasteiger partial charge in [-0.25, -0.2) is 0 Å². The molecular weight excluding hydrogens is 674 g/mol. The van der Waals surface area contributed by atoms with Gasteiger partial charge in [0.15, 0.2) is 5.71 Å². The molecule has 5 rings (SSSR count). The fraction of sp³-hybridized carbons (Fsp3) is 0.0345. The molecule has 1 aliphatic heterocycles. The van der Waals surface area contributed by atoms with E-state index in [2.05, 4.69) is 31.2 Å². The molecule has 0 fully saturated rings. The van der Waals surface area contributed by atoms with Crippen molar-refractivity contribution in [3.8, 4) is 0 Å². The van der Waals surface area contributed by atoms with Gasteiger partial charge in [0, 0.05) is 11.3 Å². The van der Waals surface area contributed by atoms with Crippen LogP contribution in [0.3, 0.4) is 0 Å². The highest BCUT2D eigenvalue weighted by Gasteiger charge is 2.32. The Balaban J connectivity index is 1.19. The van der Waals surface area contributed by atoms with E-state index in [4.69, 9.17) is 16.2 Å². The maximum absolute atomic E-state index is 13.0. The maximum atomic E-state index is 13.0. The monoisotopic (exact) mass is 695 g/mol. The van der Waals surface area contributed by atoms with E-state index in [9.17, 15) is 31.0 Å². The van der Waals surface area contributed by atoms with Crippen LogP contribution in [0.5, 0.6) is 0 Å². The quantitative estimate of drug-likeness (QED) is 0.0958. The first kappa shape index (κ1) is 33.0. The van der Waals surface area contributed by atoms with Gasteiger partial charge in [0.05, 0.1) is 43.3 Å². The van der Waals surface area contributed by atoms with Crippen molar-refractivity contribution in [3.63, 3.8) is 0 Å². The standard InChI is InChI=1S/C29H22ClN7O8S2/c1-17-27(29(39)37(36-17)26-16-24(47(43,44)45)14-15-25(26)30)35-34-20-4-2-18(3-5-20)28(38)31-19-6-8-21(9-7-19)32-33-22-10-12-23(13-11-22)46(40,41)42/h2-16,34H,1H3,(H,31,38)(H,40,41,42)(H,43,44,45)/b33-32?,35-27+. The van der Waals surface area contributed by atoms with Crippen LogP contribution in [0.15, 0.2) is 121 Å². The largest absolute Gasteiger partial charge is 0.322 e. The lowest BCUT2D eigenvalue weighted by molar-refractivity contribution is -0.112. The molecule has 0 aromatic heterocycles. The summed E-state index contributed by atoms with van der Waals surface area (Å²) < 4.78 is 63.7. The molecule has 2 amide bonds. The Labute approximate surface area is 272 Å². The zero-order valence-corrected chi connectivity index (χ0v) is 26.3. The van der Waals surface area contributed by atoms with E-state index in [-0.39, 0.29) is 27.0 Å². The van der Waals surface area contributed by atoms with Crippen molar-refractivity contribution >= 4 is 83.5 Å². The molecule has 0 bridgehead atoms. The molecule has 4 N–H and O–H groups in total. The van der Waals surface area contributed by atoms with Crippen molar-refractivity contribution in [2.24, 2.45) is 20.4 Å². The average Bonchev–Trinajstić information content (AvgIpc) is 3.31. The van der Waals surface area contributed by atoms with Gasteiger partial charge in [-0.1, -0.05) is 11.6 Å². The summed E-state index contributed by atoms with van der Waals surface area (Å²) in [6.45, 7) is 1.52. The predicted molar refractivity (Wildman–Crippen MR) is 174 cm³/mol. The summed E-state index contributed by atoms with van der Waals surface area (Å²) in [6, 6.07) is 21.2. The summed E-state index contributed by atoms with van der Waals surface area (Å²) in [7, 11) is -8.85. The first-order valence-corrected chi connectivity index (χ1v) is 16.5. The van der Waals surface area contributed by atoms with E-state index in [1.807, 2.05) is 0 Å². The molecule has 0 spiro atoms. The second-order valence-corrected chi connectivity index (χ2v) is 13.0. The summed E-state index contributed by atoms with van der Waals surface area (Å²) in [4.78, 5) is 25.1. The van der Waals surface area contributed by atoms with E-state index in [1.165, 1.54) is 49.4 Å². The number of benzene rings is 4. The van der Waals surface area contributed by atoms with E-state index in [0.29, 0.717) is 28.3 Å². The zero-order valence-electron chi connectivity index (χ0n) is 23.9. The van der Waals surface area contributed by atoms with Gasteiger partial charge in [0.1, 0.15) is 0 Å². The van der Waals surface area contributed by atoms with E-state index in [1.54, 1.807) is 36.4 Å². The second kappa shape index (κ2) is 13.2. The topological polar surface area (TPSA) is 220 Å². The second-order valence-electron chi connectivity index (χ2n) is 9.71. The number of carbonyl (C=O) groups excluding carboxylic acids is 2. The van der Waals surface area contributed by atoms with Crippen LogP contribution < -0.4 is 15.8 Å². The number of hydrogen-bond donors (Lipinski definition) is 4. The predicted octanol–water partition coefficient (Wildman–Crippen LogP) is 5.69. The summed E-state index contributed by atoms with van der Waals surface area (Å²) in [5, 5.41) is 20.0. The number of nitrogens with zero attached hydrogens (tertiary/aromatic N) is 5. The van der Waals surface area contributed by atoms with E-state index >= 15 is 0 Å². The third-order valence-corrected chi connectivity index (χ3v) is 8.45. The molecular formula is C29H22ClN7O8S2. The van der Waals surface area contributed by atoms with Gasteiger partial charge in [0.2, 0.25) is 0 Å². The Bertz CT molecular complexity index is 2190. The molecule has 1 heterocycles. The van der Waals surface area contributed by atoms with Gasteiger partial charge in [-0.15, -0.1) is 0 Å². The highest BCUT2D eigenvalue weighted by atomic mass is 35.5. The summed E-state index contributed by atoms with van der Waals surface area (Å²) in [5.74, 6) is -1.09. The molecule has 0 unspecified atom stereocenters. The Morgan fingerprint density at radius 1 is 0.787 bits per heavy atom. The number of hydrogen-bond acceptors (Lipinski definition) is 11. The van der Waals surface area contributed by atoms with Crippen LogP contribution in [0, 0.1) is 0 Å². The van der Waals surface area contributed by atoms with Gasteiger partial charge in [0.25, 0.3) is 26.1 Å². The van der Waals surface area contributed by atoms with Crippen molar-refractivity contribution in [2.75, 3.05) is 15.8 Å². The van der Waals surface area contributed by atoms with Crippen molar-refractivity contribution in [3.05, 3.63) is 102 Å². The molecule has 0 atom stereocenters. The van der Waals surface area contributed by atoms with Gasteiger partial charge >= 0.3 is 5.91 Å². The summed E-state index contributed by atoms with van der Waals surface area (Å²) in [5.41, 5.74) is 4.91. The first-order chi connectivity index (χ1) is 22.2. The van der Waals surface area contributed by atoms with Crippen LogP contribution in [0.2, 0.25) is 5.02 Å². The SMILES string of the molecule is CC1=NN(c2cc(S(=O)(=O)O)ccc2Cl)C(=O)/C1=N/Nc1ccc(C(=O)Nc2ccc(N=Nc3ccc(S(=O)(=O)O)cc3)cc2)cc1. The molecule has 4 aromatic carbocycles. The number of amides is 2. The highest BCUT2D eigenvalue weighted by molar-refractivity contribution is 7.86. The van der Waals surface area contributed by atoms with Crippen LogP contribution in [0.25, 0.3) is 0 Å². The maximum Gasteiger partial charge on any atom is 0.301 e. The number of hydrazone groups is 2. The van der Waals surface area contributed by atoms with Gasteiger partial charge in [-0.05, 0) is 97.9 Å². The van der Waals surface area contributed by atoms with Crippen LogP contribution in [0.1, 0.15) is 17.3 Å². The smallest absolute Gasteiger partial charge is 0.301 e. The molecule has 18 heteroatoms. The average molecular weight is 696 g/mol. The van der Waals surface area contributed by atoms with E-state index < -0.39 is 36.9 Å². The molecule has 15 nitrogen and oxygen atoms in total. The number of rotatable bonds is 9.